The molecule has 0 aliphatic rings. The number of nitrogens with zero attached hydrogens (tertiary/aromatic N) is 2. The lowest BCUT2D eigenvalue weighted by Gasteiger charge is -2.07. The van der Waals surface area contributed by atoms with Gasteiger partial charge in [-0.3, -0.25) is 9.48 Å². The minimum atomic E-state index is -0.956. The second-order valence-corrected chi connectivity index (χ2v) is 5.07. The van der Waals surface area contributed by atoms with Crippen molar-refractivity contribution in [2.24, 2.45) is 0 Å². The third-order valence-corrected chi connectivity index (χ3v) is 3.49. The third-order valence-electron chi connectivity index (χ3n) is 3.21. The molecule has 2 N–H and O–H groups in total. The molecule has 0 aliphatic heterocycles. The van der Waals surface area contributed by atoms with E-state index in [0.29, 0.717) is 30.2 Å². The molecule has 2 aromatic rings. The number of aromatic carboxylic acids is 1. The lowest BCUT2D eigenvalue weighted by Crippen LogP contribution is -2.28. The van der Waals surface area contributed by atoms with Crippen LogP contribution in [-0.2, 0) is 13.0 Å². The van der Waals surface area contributed by atoms with E-state index in [1.54, 1.807) is 28.9 Å². The fourth-order valence-electron chi connectivity index (χ4n) is 2.05. The molecule has 0 saturated heterocycles. The summed E-state index contributed by atoms with van der Waals surface area (Å²) in [6.45, 7) is 2.87. The number of halogens is 1. The van der Waals surface area contributed by atoms with E-state index in [2.05, 4.69) is 10.4 Å². The number of benzene rings is 1. The smallest absolute Gasteiger partial charge is 0.335 e. The van der Waals surface area contributed by atoms with Crippen molar-refractivity contribution in [3.63, 3.8) is 0 Å². The van der Waals surface area contributed by atoms with Gasteiger partial charge in [0, 0.05) is 13.1 Å². The molecule has 0 aliphatic carbocycles. The van der Waals surface area contributed by atoms with Gasteiger partial charge in [-0.2, -0.15) is 5.10 Å². The van der Waals surface area contributed by atoms with Crippen LogP contribution in [0.15, 0.2) is 30.5 Å². The van der Waals surface area contributed by atoms with Gasteiger partial charge in [-0.25, -0.2) is 4.79 Å². The number of carbonyl (C=O) groups excluding carboxylic acids is 1. The molecule has 1 aromatic heterocycles. The van der Waals surface area contributed by atoms with Crippen molar-refractivity contribution in [3.05, 3.63) is 52.3 Å². The van der Waals surface area contributed by atoms with Crippen LogP contribution in [0.1, 0.15) is 33.3 Å². The quantitative estimate of drug-likeness (QED) is 0.854. The molecule has 0 unspecified atom stereocenters. The number of carboxylic acid groups (broad SMARTS) is 1. The van der Waals surface area contributed by atoms with E-state index in [4.69, 9.17) is 16.7 Å². The first-order valence-corrected chi connectivity index (χ1v) is 7.22. The number of carboxylic acids is 1. The van der Waals surface area contributed by atoms with E-state index >= 15 is 0 Å². The summed E-state index contributed by atoms with van der Waals surface area (Å²) < 4.78 is 1.54. The van der Waals surface area contributed by atoms with Crippen molar-refractivity contribution in [1.82, 2.24) is 15.1 Å². The molecular formula is C15H16ClN3O3. The maximum absolute atomic E-state index is 12.1. The predicted octanol–water partition coefficient (Wildman–Crippen LogP) is 2.23. The van der Waals surface area contributed by atoms with E-state index in [-0.39, 0.29) is 11.5 Å². The first-order valence-electron chi connectivity index (χ1n) is 6.84. The number of aromatic nitrogens is 2. The number of amides is 1. The summed E-state index contributed by atoms with van der Waals surface area (Å²) >= 11 is 5.96. The molecule has 0 saturated carbocycles. The van der Waals surface area contributed by atoms with E-state index in [0.717, 1.165) is 5.56 Å². The molecule has 0 atom stereocenters. The molecule has 1 amide bonds. The number of aryl methyl sites for hydroxylation is 1. The first kappa shape index (κ1) is 16.0. The van der Waals surface area contributed by atoms with Gasteiger partial charge < -0.3 is 10.4 Å². The third kappa shape index (κ3) is 3.65. The zero-order valence-electron chi connectivity index (χ0n) is 12.0. The van der Waals surface area contributed by atoms with Crippen LogP contribution in [-0.4, -0.2) is 33.3 Å². The summed E-state index contributed by atoms with van der Waals surface area (Å²) in [6.07, 6.45) is 2.05. The molecule has 1 aromatic carbocycles. The first-order chi connectivity index (χ1) is 10.5. The lowest BCUT2D eigenvalue weighted by molar-refractivity contribution is 0.0696. The predicted molar refractivity (Wildman–Crippen MR) is 82.3 cm³/mol. The molecule has 2 rings (SSSR count). The highest BCUT2D eigenvalue weighted by molar-refractivity contribution is 6.33. The average Bonchev–Trinajstić information content (AvgIpc) is 2.88. The standard InChI is InChI=1S/C15H16ClN3O3/c1-2-19-13(12(16)9-18-19)14(20)17-8-7-10-3-5-11(6-4-10)15(21)22/h3-6,9H,2,7-8H2,1H3,(H,17,20)(H,21,22). The Bertz CT molecular complexity index is 680. The van der Waals surface area contributed by atoms with Crippen LogP contribution in [0, 0.1) is 0 Å². The number of hydrogen-bond donors (Lipinski definition) is 2. The van der Waals surface area contributed by atoms with Gasteiger partial charge in [0.05, 0.1) is 16.8 Å². The highest BCUT2D eigenvalue weighted by atomic mass is 35.5. The van der Waals surface area contributed by atoms with Gasteiger partial charge >= 0.3 is 5.97 Å². The van der Waals surface area contributed by atoms with Crippen molar-refractivity contribution in [2.45, 2.75) is 19.9 Å². The molecule has 6 nitrogen and oxygen atoms in total. The number of rotatable bonds is 6. The van der Waals surface area contributed by atoms with Crippen molar-refractivity contribution >= 4 is 23.5 Å². The zero-order chi connectivity index (χ0) is 16.1. The summed E-state index contributed by atoms with van der Waals surface area (Å²) in [5.74, 6) is -1.23. The maximum Gasteiger partial charge on any atom is 0.335 e. The van der Waals surface area contributed by atoms with Gasteiger partial charge in [-0.15, -0.1) is 0 Å². The highest BCUT2D eigenvalue weighted by Crippen LogP contribution is 2.14. The molecule has 1 heterocycles. The lowest BCUT2D eigenvalue weighted by atomic mass is 10.1. The summed E-state index contributed by atoms with van der Waals surface area (Å²) in [6, 6.07) is 6.56. The fraction of sp³-hybridized carbons (Fsp3) is 0.267. The Kier molecular flexibility index (Phi) is 5.16. The summed E-state index contributed by atoms with van der Waals surface area (Å²) in [5.41, 5.74) is 1.54. The fourth-order valence-corrected chi connectivity index (χ4v) is 2.27. The second kappa shape index (κ2) is 7.09. The Morgan fingerprint density at radius 3 is 2.59 bits per heavy atom. The van der Waals surface area contributed by atoms with Gasteiger partial charge in [0.15, 0.2) is 0 Å². The van der Waals surface area contributed by atoms with Gasteiger partial charge in [-0.1, -0.05) is 23.7 Å². The van der Waals surface area contributed by atoms with Gasteiger partial charge in [0.1, 0.15) is 5.69 Å². The monoisotopic (exact) mass is 321 g/mol. The number of carbonyl (C=O) groups is 2. The molecule has 116 valence electrons. The normalized spacial score (nSPS) is 10.5. The zero-order valence-corrected chi connectivity index (χ0v) is 12.8. The highest BCUT2D eigenvalue weighted by Gasteiger charge is 2.16. The minimum Gasteiger partial charge on any atom is -0.478 e. The van der Waals surface area contributed by atoms with Crippen LogP contribution in [0.25, 0.3) is 0 Å². The molecule has 7 heteroatoms. The van der Waals surface area contributed by atoms with E-state index in [1.165, 1.54) is 6.20 Å². The van der Waals surface area contributed by atoms with Crippen molar-refractivity contribution < 1.29 is 14.7 Å². The largest absolute Gasteiger partial charge is 0.478 e. The van der Waals surface area contributed by atoms with E-state index < -0.39 is 5.97 Å². The van der Waals surface area contributed by atoms with Crippen LogP contribution >= 0.6 is 11.6 Å². The topological polar surface area (TPSA) is 84.2 Å². The SMILES string of the molecule is CCn1ncc(Cl)c1C(=O)NCCc1ccc(C(=O)O)cc1. The molecule has 22 heavy (non-hydrogen) atoms. The Labute approximate surface area is 132 Å². The molecule has 0 bridgehead atoms. The maximum atomic E-state index is 12.1. The van der Waals surface area contributed by atoms with Crippen LogP contribution in [0.4, 0.5) is 0 Å². The molecule has 0 spiro atoms. The number of hydrogen-bond acceptors (Lipinski definition) is 3. The Morgan fingerprint density at radius 1 is 1.32 bits per heavy atom. The second-order valence-electron chi connectivity index (χ2n) is 4.66. The minimum absolute atomic E-state index is 0.242. The van der Waals surface area contributed by atoms with E-state index in [1.807, 2.05) is 6.92 Å². The Balaban J connectivity index is 1.92. The molecular weight excluding hydrogens is 306 g/mol. The Hall–Kier alpha value is -2.34. The van der Waals surface area contributed by atoms with Gasteiger partial charge in [0.25, 0.3) is 5.91 Å². The van der Waals surface area contributed by atoms with Gasteiger partial charge in [-0.05, 0) is 31.0 Å². The van der Waals surface area contributed by atoms with Gasteiger partial charge in [0.2, 0.25) is 0 Å². The van der Waals surface area contributed by atoms with Crippen LogP contribution < -0.4 is 5.32 Å². The van der Waals surface area contributed by atoms with Crippen LogP contribution in [0.3, 0.4) is 0 Å². The Morgan fingerprint density at radius 2 is 2.00 bits per heavy atom. The average molecular weight is 322 g/mol. The van der Waals surface area contributed by atoms with Crippen molar-refractivity contribution in [1.29, 1.82) is 0 Å². The molecule has 0 radical (unpaired) electrons. The van der Waals surface area contributed by atoms with Crippen molar-refractivity contribution in [2.75, 3.05) is 6.54 Å². The van der Waals surface area contributed by atoms with E-state index in [9.17, 15) is 9.59 Å². The summed E-state index contributed by atoms with van der Waals surface area (Å²) in [4.78, 5) is 22.9. The summed E-state index contributed by atoms with van der Waals surface area (Å²) in [7, 11) is 0. The molecule has 0 fully saturated rings. The van der Waals surface area contributed by atoms with Crippen molar-refractivity contribution in [3.8, 4) is 0 Å². The van der Waals surface area contributed by atoms with Crippen LogP contribution in [0.2, 0.25) is 5.02 Å². The summed E-state index contributed by atoms with van der Waals surface area (Å²) in [5, 5.41) is 16.0. The number of nitrogens with one attached hydrogen (secondary N) is 1. The van der Waals surface area contributed by atoms with Crippen LogP contribution in [0.5, 0.6) is 0 Å².